The normalized spacial score (nSPS) is 22.7. The van der Waals surface area contributed by atoms with Crippen LogP contribution in [0.2, 0.25) is 0 Å². The summed E-state index contributed by atoms with van der Waals surface area (Å²) in [5.41, 5.74) is 2.22. The van der Waals surface area contributed by atoms with Gasteiger partial charge in [0, 0.05) is 49.5 Å². The van der Waals surface area contributed by atoms with Crippen LogP contribution >= 0.6 is 0 Å². The van der Waals surface area contributed by atoms with Crippen LogP contribution in [-0.2, 0) is 13.0 Å². The Balaban J connectivity index is 1.70. The Labute approximate surface area is 119 Å². The van der Waals surface area contributed by atoms with Gasteiger partial charge in [-0.1, -0.05) is 25.1 Å². The molecule has 4 nitrogen and oxygen atoms in total. The zero-order valence-corrected chi connectivity index (χ0v) is 11.9. The zero-order chi connectivity index (χ0) is 13.9. The molecule has 2 atom stereocenters. The van der Waals surface area contributed by atoms with Crippen molar-refractivity contribution in [3.05, 3.63) is 35.6 Å². The number of hydrogen-bond acceptors (Lipinski definition) is 4. The molecule has 4 heteroatoms. The van der Waals surface area contributed by atoms with E-state index in [2.05, 4.69) is 23.6 Å². The summed E-state index contributed by atoms with van der Waals surface area (Å²) >= 11 is 0. The molecule has 108 valence electrons. The Bertz CT molecular complexity index is 579. The minimum absolute atomic E-state index is 0.228. The fourth-order valence-corrected chi connectivity index (χ4v) is 2.94. The van der Waals surface area contributed by atoms with E-state index in [1.807, 2.05) is 18.2 Å². The van der Waals surface area contributed by atoms with Gasteiger partial charge < -0.3 is 20.2 Å². The second kappa shape index (κ2) is 5.95. The summed E-state index contributed by atoms with van der Waals surface area (Å²) in [7, 11) is 0. The maximum Gasteiger partial charge on any atom is 0.134 e. The van der Waals surface area contributed by atoms with Gasteiger partial charge in [0.2, 0.25) is 0 Å². The number of para-hydroxylation sites is 1. The number of benzene rings is 1. The van der Waals surface area contributed by atoms with Gasteiger partial charge in [0.05, 0.1) is 6.10 Å². The van der Waals surface area contributed by atoms with Gasteiger partial charge in [-0.15, -0.1) is 0 Å². The first kappa shape index (κ1) is 13.6. The van der Waals surface area contributed by atoms with Gasteiger partial charge in [-0.05, 0) is 6.07 Å². The molecule has 1 aromatic heterocycles. The van der Waals surface area contributed by atoms with Crippen LogP contribution in [0, 0.1) is 5.92 Å². The molecule has 3 rings (SSSR count). The molecule has 0 radical (unpaired) electrons. The summed E-state index contributed by atoms with van der Waals surface area (Å²) in [6, 6.07) is 8.18. The lowest BCUT2D eigenvalue weighted by atomic mass is 10.1. The molecule has 0 aliphatic carbocycles. The smallest absolute Gasteiger partial charge is 0.134 e. The molecule has 1 fully saturated rings. The number of aliphatic hydroxyl groups excluding tert-OH is 1. The summed E-state index contributed by atoms with van der Waals surface area (Å²) in [5, 5.41) is 17.7. The van der Waals surface area contributed by atoms with Crippen molar-refractivity contribution >= 4 is 11.0 Å². The fraction of sp³-hybridized carbons (Fsp3) is 0.500. The highest BCUT2D eigenvalue weighted by Crippen LogP contribution is 2.26. The van der Waals surface area contributed by atoms with Gasteiger partial charge in [-0.3, -0.25) is 0 Å². The minimum Gasteiger partial charge on any atom is -0.461 e. The number of fused-ring (bicyclic) bond motifs is 1. The van der Waals surface area contributed by atoms with Crippen molar-refractivity contribution in [1.82, 2.24) is 10.6 Å². The van der Waals surface area contributed by atoms with E-state index >= 15 is 0 Å². The molecule has 20 heavy (non-hydrogen) atoms. The standard InChI is InChI=1S/C16H22N2O2/c1-2-15-13(12-5-3-4-6-16(12)20-15)9-17-7-11-8-18-10-14(11)19/h3-6,11,14,17-19H,2,7-10H2,1H3. The van der Waals surface area contributed by atoms with E-state index in [4.69, 9.17) is 4.42 Å². The lowest BCUT2D eigenvalue weighted by molar-refractivity contribution is 0.146. The Morgan fingerprint density at radius 2 is 2.20 bits per heavy atom. The van der Waals surface area contributed by atoms with E-state index in [0.717, 1.165) is 37.4 Å². The molecule has 2 aromatic rings. The van der Waals surface area contributed by atoms with Crippen molar-refractivity contribution in [3.63, 3.8) is 0 Å². The van der Waals surface area contributed by atoms with Crippen LogP contribution in [0.25, 0.3) is 11.0 Å². The Morgan fingerprint density at radius 3 is 2.95 bits per heavy atom. The summed E-state index contributed by atoms with van der Waals surface area (Å²) in [5.74, 6) is 1.36. The molecule has 0 bridgehead atoms. The average molecular weight is 274 g/mol. The number of nitrogens with one attached hydrogen (secondary N) is 2. The molecule has 2 heterocycles. The topological polar surface area (TPSA) is 57.4 Å². The van der Waals surface area contributed by atoms with E-state index in [1.165, 1.54) is 10.9 Å². The third-order valence-electron chi connectivity index (χ3n) is 4.12. The van der Waals surface area contributed by atoms with E-state index < -0.39 is 0 Å². The van der Waals surface area contributed by atoms with E-state index in [9.17, 15) is 5.11 Å². The number of hydrogen-bond donors (Lipinski definition) is 3. The molecule has 1 saturated heterocycles. The molecule has 0 saturated carbocycles. The summed E-state index contributed by atoms with van der Waals surface area (Å²) in [6.07, 6.45) is 0.675. The SMILES string of the molecule is CCc1oc2ccccc2c1CNCC1CNCC1O. The molecular weight excluding hydrogens is 252 g/mol. The lowest BCUT2D eigenvalue weighted by Gasteiger charge is -2.14. The highest BCUT2D eigenvalue weighted by Gasteiger charge is 2.24. The second-order valence-corrected chi connectivity index (χ2v) is 5.47. The van der Waals surface area contributed by atoms with E-state index in [0.29, 0.717) is 12.5 Å². The first-order chi connectivity index (χ1) is 9.79. The van der Waals surface area contributed by atoms with Gasteiger partial charge in [-0.25, -0.2) is 0 Å². The van der Waals surface area contributed by atoms with Crippen LogP contribution in [0.5, 0.6) is 0 Å². The fourth-order valence-electron chi connectivity index (χ4n) is 2.94. The Morgan fingerprint density at radius 1 is 1.35 bits per heavy atom. The maximum absolute atomic E-state index is 9.80. The van der Waals surface area contributed by atoms with Crippen LogP contribution in [0.3, 0.4) is 0 Å². The maximum atomic E-state index is 9.80. The number of aryl methyl sites for hydroxylation is 1. The minimum atomic E-state index is -0.228. The van der Waals surface area contributed by atoms with E-state index in [-0.39, 0.29) is 6.10 Å². The Hall–Kier alpha value is -1.36. The molecule has 0 spiro atoms. The first-order valence-corrected chi connectivity index (χ1v) is 7.38. The van der Waals surface area contributed by atoms with Crippen LogP contribution in [-0.4, -0.2) is 30.8 Å². The third kappa shape index (κ3) is 2.59. The monoisotopic (exact) mass is 274 g/mol. The average Bonchev–Trinajstić information content (AvgIpc) is 3.03. The molecule has 2 unspecified atom stereocenters. The van der Waals surface area contributed by atoms with Crippen LogP contribution in [0.15, 0.2) is 28.7 Å². The molecular formula is C16H22N2O2. The predicted octanol–water partition coefficient (Wildman–Crippen LogP) is 1.67. The number of furan rings is 1. The van der Waals surface area contributed by atoms with Gasteiger partial charge >= 0.3 is 0 Å². The quantitative estimate of drug-likeness (QED) is 0.776. The Kier molecular flexibility index (Phi) is 4.05. The van der Waals surface area contributed by atoms with Gasteiger partial charge in [-0.2, -0.15) is 0 Å². The summed E-state index contributed by atoms with van der Waals surface area (Å²) in [6.45, 7) is 5.34. The van der Waals surface area contributed by atoms with Crippen LogP contribution < -0.4 is 10.6 Å². The molecule has 1 aliphatic rings. The van der Waals surface area contributed by atoms with Crippen molar-refractivity contribution in [2.24, 2.45) is 5.92 Å². The van der Waals surface area contributed by atoms with E-state index in [1.54, 1.807) is 0 Å². The molecule has 1 aromatic carbocycles. The van der Waals surface area contributed by atoms with Crippen molar-refractivity contribution in [2.75, 3.05) is 19.6 Å². The van der Waals surface area contributed by atoms with Crippen LogP contribution in [0.1, 0.15) is 18.2 Å². The molecule has 3 N–H and O–H groups in total. The van der Waals surface area contributed by atoms with Crippen molar-refractivity contribution in [3.8, 4) is 0 Å². The van der Waals surface area contributed by atoms with Crippen molar-refractivity contribution < 1.29 is 9.52 Å². The number of rotatable bonds is 5. The van der Waals surface area contributed by atoms with Gasteiger partial charge in [0.1, 0.15) is 11.3 Å². The van der Waals surface area contributed by atoms with Crippen molar-refractivity contribution in [2.45, 2.75) is 26.0 Å². The van der Waals surface area contributed by atoms with Crippen molar-refractivity contribution in [1.29, 1.82) is 0 Å². The second-order valence-electron chi connectivity index (χ2n) is 5.47. The highest BCUT2D eigenvalue weighted by atomic mass is 16.3. The number of β-amino-alcohol motifs (C(OH)–C–C–N with tert-alkyl or cyclic N) is 1. The zero-order valence-electron chi connectivity index (χ0n) is 11.9. The molecule has 1 aliphatic heterocycles. The molecule has 0 amide bonds. The lowest BCUT2D eigenvalue weighted by Crippen LogP contribution is -2.30. The first-order valence-electron chi connectivity index (χ1n) is 7.38. The summed E-state index contributed by atoms with van der Waals surface area (Å²) in [4.78, 5) is 0. The number of aliphatic hydroxyl groups is 1. The van der Waals surface area contributed by atoms with Crippen LogP contribution in [0.4, 0.5) is 0 Å². The predicted molar refractivity (Wildman–Crippen MR) is 79.7 cm³/mol. The van der Waals surface area contributed by atoms with Gasteiger partial charge in [0.25, 0.3) is 0 Å². The summed E-state index contributed by atoms with van der Waals surface area (Å²) < 4.78 is 5.89. The largest absolute Gasteiger partial charge is 0.461 e. The third-order valence-corrected chi connectivity index (χ3v) is 4.12. The van der Waals surface area contributed by atoms with Gasteiger partial charge in [0.15, 0.2) is 0 Å². The highest BCUT2D eigenvalue weighted by molar-refractivity contribution is 5.82.